The molecule has 0 nitrogen and oxygen atoms in total. The molecule has 0 spiro atoms. The van der Waals surface area contributed by atoms with Gasteiger partial charge in [-0.25, -0.2) is 0 Å². The van der Waals surface area contributed by atoms with Crippen molar-refractivity contribution in [3.63, 3.8) is 0 Å². The van der Waals surface area contributed by atoms with Crippen molar-refractivity contribution in [3.05, 3.63) is 12.7 Å². The van der Waals surface area contributed by atoms with Crippen LogP contribution in [0.25, 0.3) is 0 Å². The molecule has 0 saturated heterocycles. The first-order valence-electron chi connectivity index (χ1n) is 3.84. The number of hydrogen-bond acceptors (Lipinski definition) is 0. The number of rotatable bonds is 5. The predicted octanol–water partition coefficient (Wildman–Crippen LogP) is 3.29. The molecule has 0 amide bonds. The van der Waals surface area contributed by atoms with Crippen LogP contribution in [0, 0.1) is 0 Å². The van der Waals surface area contributed by atoms with E-state index >= 15 is 0 Å². The van der Waals surface area contributed by atoms with Gasteiger partial charge < -0.3 is 0 Å². The first kappa shape index (κ1) is 10.3. The van der Waals surface area contributed by atoms with Crippen molar-refractivity contribution in [3.8, 4) is 0 Å². The first-order chi connectivity index (χ1) is 4.68. The molecule has 0 aromatic heterocycles. The van der Waals surface area contributed by atoms with Crippen molar-refractivity contribution in [1.29, 1.82) is 0 Å². The molecule has 60 valence electrons. The summed E-state index contributed by atoms with van der Waals surface area (Å²) < 4.78 is 0.587. The van der Waals surface area contributed by atoms with E-state index in [9.17, 15) is 0 Å². The van der Waals surface area contributed by atoms with Crippen molar-refractivity contribution in [2.75, 3.05) is 0 Å². The molecule has 0 aromatic rings. The second-order valence-corrected chi connectivity index (χ2v) is 5.82. The Hall–Kier alpha value is 0.259. The van der Waals surface area contributed by atoms with Gasteiger partial charge in [0.2, 0.25) is 0 Å². The molecule has 0 bridgehead atoms. The molecule has 10 heavy (non-hydrogen) atoms. The minimum atomic E-state index is 0.587. The summed E-state index contributed by atoms with van der Waals surface area (Å²) in [5, 5.41) is 0. The van der Waals surface area contributed by atoms with Crippen LogP contribution in [0.1, 0.15) is 33.1 Å². The third-order valence-electron chi connectivity index (χ3n) is 1.85. The molecule has 0 fully saturated rings. The molecule has 0 aliphatic rings. The fraction of sp³-hybridized carbons (Fsp3) is 0.778. The molecule has 1 atom stereocenters. The zero-order valence-corrected chi connectivity index (χ0v) is 9.03. The van der Waals surface area contributed by atoms with Crippen LogP contribution in [0.15, 0.2) is 12.7 Å². The fourth-order valence-corrected chi connectivity index (χ4v) is 2.58. The SMILES string of the molecule is C=CCC(C)(CCC)[Se]C. The topological polar surface area (TPSA) is 0 Å². The maximum absolute atomic E-state index is 3.79. The van der Waals surface area contributed by atoms with E-state index in [4.69, 9.17) is 0 Å². The maximum atomic E-state index is 3.79. The van der Waals surface area contributed by atoms with Gasteiger partial charge in [0.1, 0.15) is 0 Å². The summed E-state index contributed by atoms with van der Waals surface area (Å²) in [5.41, 5.74) is 0. The van der Waals surface area contributed by atoms with Crippen molar-refractivity contribution < 1.29 is 0 Å². The van der Waals surface area contributed by atoms with Gasteiger partial charge in [0.05, 0.1) is 0 Å². The zero-order chi connectivity index (χ0) is 8.04. The third kappa shape index (κ3) is 3.43. The van der Waals surface area contributed by atoms with Crippen LogP contribution >= 0.6 is 0 Å². The predicted molar refractivity (Wildman–Crippen MR) is 49.7 cm³/mol. The van der Waals surface area contributed by atoms with Crippen molar-refractivity contribution in [2.45, 2.75) is 43.2 Å². The van der Waals surface area contributed by atoms with Crippen LogP contribution in [-0.2, 0) is 0 Å². The standard InChI is InChI=1S/C9H18Se/c1-5-7-9(3,10-4)8-6-2/h5H,1,6-8H2,2-4H3. The third-order valence-corrected chi connectivity index (χ3v) is 4.69. The Balaban J connectivity index is 3.80. The van der Waals surface area contributed by atoms with Gasteiger partial charge in [-0.05, 0) is 0 Å². The van der Waals surface area contributed by atoms with Crippen LogP contribution in [0.5, 0.6) is 0 Å². The molecule has 0 saturated carbocycles. The van der Waals surface area contributed by atoms with Crippen LogP contribution < -0.4 is 0 Å². The summed E-state index contributed by atoms with van der Waals surface area (Å²) in [5.74, 6) is 2.33. The van der Waals surface area contributed by atoms with Crippen LogP contribution in [0.2, 0.25) is 10.1 Å². The van der Waals surface area contributed by atoms with Gasteiger partial charge in [0.15, 0.2) is 0 Å². The quantitative estimate of drug-likeness (QED) is 0.477. The number of allylic oxidation sites excluding steroid dienone is 1. The van der Waals surface area contributed by atoms with E-state index in [0.29, 0.717) is 4.31 Å². The van der Waals surface area contributed by atoms with E-state index < -0.39 is 0 Å². The van der Waals surface area contributed by atoms with E-state index in [2.05, 4.69) is 32.3 Å². The molecule has 0 N–H and O–H groups in total. The first-order valence-corrected chi connectivity index (χ1v) is 6.41. The average Bonchev–Trinajstić information content (AvgIpc) is 1.89. The summed E-state index contributed by atoms with van der Waals surface area (Å²) in [7, 11) is 0. The van der Waals surface area contributed by atoms with Crippen LogP contribution in [-0.4, -0.2) is 15.0 Å². The molecule has 0 aromatic carbocycles. The molecular weight excluding hydrogens is 187 g/mol. The number of hydrogen-bond donors (Lipinski definition) is 0. The van der Waals surface area contributed by atoms with Gasteiger partial charge >= 0.3 is 70.9 Å². The van der Waals surface area contributed by atoms with Crippen molar-refractivity contribution >= 4 is 15.0 Å². The van der Waals surface area contributed by atoms with Crippen LogP contribution in [0.3, 0.4) is 0 Å². The van der Waals surface area contributed by atoms with E-state index in [1.165, 1.54) is 19.3 Å². The van der Waals surface area contributed by atoms with Crippen molar-refractivity contribution in [2.24, 2.45) is 0 Å². The fourth-order valence-electron chi connectivity index (χ4n) is 1.12. The van der Waals surface area contributed by atoms with E-state index in [-0.39, 0.29) is 0 Å². The molecular formula is C9H18Se. The van der Waals surface area contributed by atoms with Crippen LogP contribution in [0.4, 0.5) is 0 Å². The van der Waals surface area contributed by atoms with Gasteiger partial charge in [0.25, 0.3) is 0 Å². The molecule has 0 aliphatic carbocycles. The Morgan fingerprint density at radius 3 is 2.50 bits per heavy atom. The van der Waals surface area contributed by atoms with Gasteiger partial charge in [-0.15, -0.1) is 0 Å². The van der Waals surface area contributed by atoms with E-state index in [0.717, 1.165) is 15.0 Å². The Kier molecular flexibility index (Phi) is 5.11. The monoisotopic (exact) mass is 206 g/mol. The zero-order valence-electron chi connectivity index (χ0n) is 7.31. The van der Waals surface area contributed by atoms with E-state index in [1.54, 1.807) is 0 Å². The minimum absolute atomic E-state index is 0.587. The Labute approximate surface area is 71.2 Å². The molecule has 1 unspecified atom stereocenters. The van der Waals surface area contributed by atoms with Gasteiger partial charge in [-0.3, -0.25) is 0 Å². The average molecular weight is 205 g/mol. The van der Waals surface area contributed by atoms with Crippen molar-refractivity contribution in [1.82, 2.24) is 0 Å². The summed E-state index contributed by atoms with van der Waals surface area (Å²) in [6.07, 6.45) is 5.91. The Morgan fingerprint density at radius 1 is 1.60 bits per heavy atom. The second kappa shape index (κ2) is 4.98. The molecule has 0 radical (unpaired) electrons. The van der Waals surface area contributed by atoms with Gasteiger partial charge in [-0.1, -0.05) is 0 Å². The van der Waals surface area contributed by atoms with E-state index in [1.807, 2.05) is 0 Å². The summed E-state index contributed by atoms with van der Waals surface area (Å²) >= 11 is 0.761. The Morgan fingerprint density at radius 2 is 2.20 bits per heavy atom. The normalized spacial score (nSPS) is 16.3. The molecule has 0 aliphatic heterocycles. The second-order valence-electron chi connectivity index (χ2n) is 2.90. The summed E-state index contributed by atoms with van der Waals surface area (Å²) in [4.78, 5) is 0. The molecule has 0 heterocycles. The summed E-state index contributed by atoms with van der Waals surface area (Å²) in [6, 6.07) is 0. The Bertz CT molecular complexity index is 98.9. The molecule has 0 rings (SSSR count). The van der Waals surface area contributed by atoms with Gasteiger partial charge in [0, 0.05) is 0 Å². The molecule has 1 heteroatoms. The van der Waals surface area contributed by atoms with Gasteiger partial charge in [-0.2, -0.15) is 0 Å². The summed E-state index contributed by atoms with van der Waals surface area (Å²) in [6.45, 7) is 8.42.